The van der Waals surface area contributed by atoms with Crippen molar-refractivity contribution in [1.29, 1.82) is 0 Å². The largest absolute Gasteiger partial charge is 0.421 e. The van der Waals surface area contributed by atoms with Crippen LogP contribution in [0.2, 0.25) is 0 Å². The minimum atomic E-state index is -0.467. The van der Waals surface area contributed by atoms with Gasteiger partial charge in [0.2, 0.25) is 11.3 Å². The lowest BCUT2D eigenvalue weighted by Gasteiger charge is -2.15. The van der Waals surface area contributed by atoms with Crippen LogP contribution in [0.3, 0.4) is 0 Å². The molecule has 0 fully saturated rings. The van der Waals surface area contributed by atoms with Gasteiger partial charge in [-0.05, 0) is 71.7 Å². The first kappa shape index (κ1) is 21.1. The summed E-state index contributed by atoms with van der Waals surface area (Å²) in [6.07, 6.45) is 0. The molecule has 0 saturated carbocycles. The zero-order valence-electron chi connectivity index (χ0n) is 18.4. The number of benzene rings is 3. The van der Waals surface area contributed by atoms with E-state index in [1.165, 1.54) is 5.56 Å². The number of carbonyl (C=O) groups excluding carboxylic acids is 1. The molecular weight excluding hydrogens is 432 g/mol. The van der Waals surface area contributed by atoms with Crippen molar-refractivity contribution in [2.24, 2.45) is 0 Å². The van der Waals surface area contributed by atoms with Gasteiger partial charge in [0.05, 0.1) is 11.3 Å². The highest BCUT2D eigenvalue weighted by atomic mass is 16.6. The van der Waals surface area contributed by atoms with Crippen LogP contribution in [0.25, 0.3) is 11.3 Å². The van der Waals surface area contributed by atoms with Gasteiger partial charge < -0.3 is 15.4 Å². The molecule has 0 saturated heterocycles. The molecule has 0 bridgehead atoms. The molecule has 0 amide bonds. The molecule has 2 heterocycles. The van der Waals surface area contributed by atoms with E-state index >= 15 is 0 Å². The average molecular weight is 452 g/mol. The van der Waals surface area contributed by atoms with Gasteiger partial charge in [-0.2, -0.15) is 0 Å². The van der Waals surface area contributed by atoms with Gasteiger partial charge in [-0.1, -0.05) is 36.4 Å². The molecule has 2 N–H and O–H groups in total. The first-order valence-electron chi connectivity index (χ1n) is 10.5. The lowest BCUT2D eigenvalue weighted by molar-refractivity contribution is 0.0736. The molecular formula is C25H20N6O3. The standard InChI is InChI=1S/C25H20N6O3/c1-15-12-13-18(14-16(15)2)26-21-22(29-24-23(28-21)30-34-31-24)27-19-10-6-7-11-20(19)33-25(32)17-8-4-3-5-9-17/h3-14H,1-2H3,(H,26,28,30)(H,27,29,31). The number of nitrogens with one attached hydrogen (secondary N) is 2. The third-order valence-corrected chi connectivity index (χ3v) is 5.24. The summed E-state index contributed by atoms with van der Waals surface area (Å²) in [7, 11) is 0. The number of fused-ring (bicyclic) bond motifs is 1. The zero-order valence-corrected chi connectivity index (χ0v) is 18.4. The number of hydrogen-bond acceptors (Lipinski definition) is 9. The Morgan fingerprint density at radius 2 is 1.47 bits per heavy atom. The highest BCUT2D eigenvalue weighted by Crippen LogP contribution is 2.32. The Bertz CT molecular complexity index is 1480. The monoisotopic (exact) mass is 452 g/mol. The highest BCUT2D eigenvalue weighted by molar-refractivity contribution is 5.92. The molecule has 0 spiro atoms. The molecule has 0 aliphatic heterocycles. The van der Waals surface area contributed by atoms with Crippen molar-refractivity contribution in [2.45, 2.75) is 13.8 Å². The van der Waals surface area contributed by atoms with Gasteiger partial charge in [-0.3, -0.25) is 0 Å². The van der Waals surface area contributed by atoms with Gasteiger partial charge in [0.25, 0.3) is 0 Å². The van der Waals surface area contributed by atoms with E-state index in [4.69, 9.17) is 9.37 Å². The maximum absolute atomic E-state index is 12.6. The van der Waals surface area contributed by atoms with Crippen LogP contribution in [-0.2, 0) is 0 Å². The summed E-state index contributed by atoms with van der Waals surface area (Å²) < 4.78 is 10.4. The Morgan fingerprint density at radius 1 is 0.794 bits per heavy atom. The van der Waals surface area contributed by atoms with Crippen LogP contribution in [-0.4, -0.2) is 26.3 Å². The van der Waals surface area contributed by atoms with Gasteiger partial charge >= 0.3 is 5.97 Å². The number of nitrogens with zero attached hydrogens (tertiary/aromatic N) is 4. The first-order valence-corrected chi connectivity index (χ1v) is 10.5. The van der Waals surface area contributed by atoms with E-state index in [1.54, 1.807) is 42.5 Å². The summed E-state index contributed by atoms with van der Waals surface area (Å²) in [4.78, 5) is 21.6. The molecule has 0 unspecified atom stereocenters. The Balaban J connectivity index is 1.48. The normalized spacial score (nSPS) is 10.8. The summed E-state index contributed by atoms with van der Waals surface area (Å²) in [6.45, 7) is 4.08. The Morgan fingerprint density at radius 3 is 2.21 bits per heavy atom. The summed E-state index contributed by atoms with van der Waals surface area (Å²) in [5.41, 5.74) is 4.63. The van der Waals surface area contributed by atoms with E-state index in [0.29, 0.717) is 28.6 Å². The molecule has 0 atom stereocenters. The number of para-hydroxylation sites is 2. The molecule has 9 heteroatoms. The minimum absolute atomic E-state index is 0.242. The Kier molecular flexibility index (Phi) is 5.57. The Hall–Kier alpha value is -4.79. The SMILES string of the molecule is Cc1ccc(Nc2nc3nonc3nc2Nc2ccccc2OC(=O)c2ccccc2)cc1C. The van der Waals surface area contributed by atoms with E-state index < -0.39 is 5.97 Å². The molecule has 5 aromatic rings. The van der Waals surface area contributed by atoms with Crippen LogP contribution in [0.1, 0.15) is 21.5 Å². The van der Waals surface area contributed by atoms with Gasteiger partial charge in [-0.15, -0.1) is 0 Å². The maximum Gasteiger partial charge on any atom is 0.343 e. The van der Waals surface area contributed by atoms with Crippen molar-refractivity contribution in [3.05, 3.63) is 89.5 Å². The van der Waals surface area contributed by atoms with Gasteiger partial charge in [0.15, 0.2) is 17.4 Å². The predicted molar refractivity (Wildman–Crippen MR) is 128 cm³/mol. The molecule has 0 aliphatic carbocycles. The summed E-state index contributed by atoms with van der Waals surface area (Å²) in [6, 6.07) is 21.9. The van der Waals surface area contributed by atoms with Crippen LogP contribution in [0.5, 0.6) is 5.75 Å². The fourth-order valence-corrected chi connectivity index (χ4v) is 3.29. The van der Waals surface area contributed by atoms with Crippen LogP contribution in [0.15, 0.2) is 77.4 Å². The predicted octanol–water partition coefficient (Wildman–Crippen LogP) is 5.34. The van der Waals surface area contributed by atoms with Gasteiger partial charge in [-0.25, -0.2) is 19.4 Å². The highest BCUT2D eigenvalue weighted by Gasteiger charge is 2.17. The van der Waals surface area contributed by atoms with E-state index in [2.05, 4.69) is 30.9 Å². The molecule has 3 aromatic carbocycles. The third-order valence-electron chi connectivity index (χ3n) is 5.24. The second-order valence-electron chi connectivity index (χ2n) is 7.63. The Labute approximate surface area is 194 Å². The number of anilines is 4. The molecule has 2 aromatic heterocycles. The van der Waals surface area contributed by atoms with Crippen LogP contribution >= 0.6 is 0 Å². The fraction of sp³-hybridized carbons (Fsp3) is 0.0800. The third kappa shape index (κ3) is 4.40. The first-order chi connectivity index (χ1) is 16.6. The van der Waals surface area contributed by atoms with Crippen LogP contribution in [0, 0.1) is 13.8 Å². The average Bonchev–Trinajstić information content (AvgIpc) is 3.30. The van der Waals surface area contributed by atoms with Gasteiger partial charge in [0, 0.05) is 5.69 Å². The molecule has 168 valence electrons. The van der Waals surface area contributed by atoms with Crippen molar-refractivity contribution in [3.8, 4) is 5.75 Å². The molecule has 34 heavy (non-hydrogen) atoms. The number of esters is 1. The molecule has 0 radical (unpaired) electrons. The number of hydrogen-bond donors (Lipinski definition) is 2. The van der Waals surface area contributed by atoms with Crippen LogP contribution in [0.4, 0.5) is 23.0 Å². The smallest absolute Gasteiger partial charge is 0.343 e. The minimum Gasteiger partial charge on any atom is -0.421 e. The summed E-state index contributed by atoms with van der Waals surface area (Å²) in [5.74, 6) is 0.652. The van der Waals surface area contributed by atoms with Gasteiger partial charge in [0.1, 0.15) is 0 Å². The number of aryl methyl sites for hydroxylation is 2. The van der Waals surface area contributed by atoms with Crippen molar-refractivity contribution in [2.75, 3.05) is 10.6 Å². The van der Waals surface area contributed by atoms with Crippen molar-refractivity contribution in [3.63, 3.8) is 0 Å². The fourth-order valence-electron chi connectivity index (χ4n) is 3.29. The van der Waals surface area contributed by atoms with E-state index in [-0.39, 0.29) is 11.3 Å². The quantitative estimate of drug-likeness (QED) is 0.260. The lowest BCUT2D eigenvalue weighted by atomic mass is 10.1. The maximum atomic E-state index is 12.6. The summed E-state index contributed by atoms with van der Waals surface area (Å²) in [5, 5.41) is 14.1. The second-order valence-corrected chi connectivity index (χ2v) is 7.63. The van der Waals surface area contributed by atoms with Crippen LogP contribution < -0.4 is 15.4 Å². The zero-order chi connectivity index (χ0) is 23.5. The number of rotatable bonds is 6. The van der Waals surface area contributed by atoms with Crippen molar-refractivity contribution in [1.82, 2.24) is 20.3 Å². The van der Waals surface area contributed by atoms with Crippen molar-refractivity contribution < 1.29 is 14.2 Å². The number of aromatic nitrogens is 4. The lowest BCUT2D eigenvalue weighted by Crippen LogP contribution is -2.10. The summed E-state index contributed by atoms with van der Waals surface area (Å²) >= 11 is 0. The topological polar surface area (TPSA) is 115 Å². The van der Waals surface area contributed by atoms with E-state index in [9.17, 15) is 4.79 Å². The van der Waals surface area contributed by atoms with Crippen molar-refractivity contribution >= 4 is 40.3 Å². The second kappa shape index (κ2) is 8.99. The molecule has 9 nitrogen and oxygen atoms in total. The number of carbonyl (C=O) groups is 1. The van der Waals surface area contributed by atoms with E-state index in [0.717, 1.165) is 11.3 Å². The molecule has 0 aliphatic rings. The van der Waals surface area contributed by atoms with E-state index in [1.807, 2.05) is 44.2 Å². The number of ether oxygens (including phenoxy) is 1. The molecule has 5 rings (SSSR count).